The van der Waals surface area contributed by atoms with Crippen LogP contribution in [0, 0.1) is 0 Å². The molecule has 0 unspecified atom stereocenters. The van der Waals surface area contributed by atoms with Crippen LogP contribution in [0.15, 0.2) is 30.3 Å². The topological polar surface area (TPSA) is 26.3 Å². The summed E-state index contributed by atoms with van der Waals surface area (Å²) in [6.45, 7) is 1.65. The van der Waals surface area contributed by atoms with Gasteiger partial charge in [-0.25, -0.2) is 0 Å². The average molecular weight is 402 g/mol. The quantitative estimate of drug-likeness (QED) is 0.182. The van der Waals surface area contributed by atoms with Gasteiger partial charge in [-0.2, -0.15) is 0 Å². The predicted octanol–water partition coefficient (Wildman–Crippen LogP) is 8.33. The Morgan fingerprint density at radius 2 is 0.966 bits per heavy atom. The van der Waals surface area contributed by atoms with Crippen LogP contribution in [-0.4, -0.2) is 12.9 Å². The smallest absolute Gasteiger partial charge is 0.198 e. The zero-order chi connectivity index (χ0) is 20.7. The highest BCUT2D eigenvalue weighted by atomic mass is 16.5. The van der Waals surface area contributed by atoms with E-state index in [1.807, 2.05) is 12.4 Å². The van der Waals surface area contributed by atoms with Gasteiger partial charge in [0.15, 0.2) is 6.29 Å². The summed E-state index contributed by atoms with van der Waals surface area (Å²) in [5, 5.41) is 0. The molecule has 165 valence electrons. The molecule has 0 atom stereocenters. The van der Waals surface area contributed by atoms with Crippen molar-refractivity contribution in [2.45, 2.75) is 122 Å². The Hall–Kier alpha value is -1.15. The molecule has 0 bridgehead atoms. The second-order valence-corrected chi connectivity index (χ2v) is 8.44. The Morgan fingerprint density at radius 1 is 0.552 bits per heavy atom. The highest BCUT2D eigenvalue weighted by Crippen LogP contribution is 2.14. The minimum Gasteiger partial charge on any atom is -0.377 e. The Morgan fingerprint density at radius 3 is 1.41 bits per heavy atom. The standard InChI is InChI=1S/C27H45O2/c28-24-20-15-13-11-9-7-5-3-1-2-4-6-8-10-12-14-16-21-25-29-26-27-22-18-17-19-23-27/h17-19,22-23H,1-16,20-21,25-26H2. The van der Waals surface area contributed by atoms with Gasteiger partial charge in [-0.15, -0.1) is 0 Å². The van der Waals surface area contributed by atoms with Gasteiger partial charge >= 0.3 is 0 Å². The number of carbonyl (C=O) groups excluding carboxylic acids is 1. The van der Waals surface area contributed by atoms with Crippen LogP contribution >= 0.6 is 0 Å². The third-order valence-electron chi connectivity index (χ3n) is 5.68. The third-order valence-corrected chi connectivity index (χ3v) is 5.68. The number of hydrogen-bond donors (Lipinski definition) is 0. The minimum absolute atomic E-state index is 0.629. The average Bonchev–Trinajstić information content (AvgIpc) is 2.75. The maximum atomic E-state index is 10.1. The van der Waals surface area contributed by atoms with E-state index < -0.39 is 0 Å². The lowest BCUT2D eigenvalue weighted by molar-refractivity contribution is 0.116. The highest BCUT2D eigenvalue weighted by Gasteiger charge is 1.96. The fraction of sp³-hybridized carbons (Fsp3) is 0.741. The van der Waals surface area contributed by atoms with Gasteiger partial charge < -0.3 is 4.74 Å². The first kappa shape index (κ1) is 25.9. The number of rotatable bonds is 22. The van der Waals surface area contributed by atoms with Crippen LogP contribution in [0.5, 0.6) is 0 Å². The van der Waals surface area contributed by atoms with Crippen molar-refractivity contribution in [3.63, 3.8) is 0 Å². The van der Waals surface area contributed by atoms with Crippen molar-refractivity contribution in [3.8, 4) is 0 Å². The van der Waals surface area contributed by atoms with Crippen molar-refractivity contribution in [2.24, 2.45) is 0 Å². The van der Waals surface area contributed by atoms with E-state index in [4.69, 9.17) is 4.74 Å². The lowest BCUT2D eigenvalue weighted by Gasteiger charge is -2.05. The van der Waals surface area contributed by atoms with E-state index in [1.54, 1.807) is 0 Å². The molecule has 0 N–H and O–H groups in total. The highest BCUT2D eigenvalue weighted by molar-refractivity contribution is 5.50. The molecule has 0 saturated carbocycles. The summed E-state index contributed by atoms with van der Waals surface area (Å²) in [5.74, 6) is 0. The minimum atomic E-state index is 0.629. The van der Waals surface area contributed by atoms with Crippen molar-refractivity contribution in [2.75, 3.05) is 6.61 Å². The molecule has 1 rings (SSSR count). The number of benzene rings is 1. The Labute approximate surface area is 180 Å². The Kier molecular flexibility index (Phi) is 19.2. The van der Waals surface area contributed by atoms with Crippen LogP contribution in [0.3, 0.4) is 0 Å². The van der Waals surface area contributed by atoms with Crippen molar-refractivity contribution < 1.29 is 9.53 Å². The zero-order valence-electron chi connectivity index (χ0n) is 18.8. The van der Waals surface area contributed by atoms with Crippen molar-refractivity contribution in [3.05, 3.63) is 35.9 Å². The molecule has 0 amide bonds. The summed E-state index contributed by atoms with van der Waals surface area (Å²) < 4.78 is 5.74. The van der Waals surface area contributed by atoms with E-state index in [1.165, 1.54) is 108 Å². The first-order valence-electron chi connectivity index (χ1n) is 12.4. The van der Waals surface area contributed by atoms with Gasteiger partial charge in [-0.1, -0.05) is 127 Å². The molecule has 0 aliphatic carbocycles. The number of unbranched alkanes of at least 4 members (excludes halogenated alkanes) is 17. The molecule has 0 saturated heterocycles. The maximum absolute atomic E-state index is 10.1. The molecule has 1 aromatic rings. The Bertz CT molecular complexity index is 443. The van der Waals surface area contributed by atoms with Gasteiger partial charge in [-0.05, 0) is 18.4 Å². The van der Waals surface area contributed by atoms with Crippen LogP contribution in [0.4, 0.5) is 0 Å². The third kappa shape index (κ3) is 18.6. The second kappa shape index (κ2) is 21.6. The van der Waals surface area contributed by atoms with Crippen molar-refractivity contribution in [1.82, 2.24) is 0 Å². The molecule has 0 aliphatic rings. The molecule has 29 heavy (non-hydrogen) atoms. The van der Waals surface area contributed by atoms with Crippen molar-refractivity contribution in [1.29, 1.82) is 0 Å². The molecule has 2 nitrogen and oxygen atoms in total. The summed E-state index contributed by atoms with van der Waals surface area (Å²) in [7, 11) is 0. The zero-order valence-corrected chi connectivity index (χ0v) is 18.8. The molecule has 2 heteroatoms. The van der Waals surface area contributed by atoms with Crippen LogP contribution in [0.1, 0.15) is 121 Å². The molecule has 1 radical (unpaired) electrons. The first-order valence-corrected chi connectivity index (χ1v) is 12.4. The monoisotopic (exact) mass is 401 g/mol. The molecule has 0 aliphatic heterocycles. The normalized spacial score (nSPS) is 11.0. The summed E-state index contributed by atoms with van der Waals surface area (Å²) in [5.41, 5.74) is 1.27. The number of hydrogen-bond acceptors (Lipinski definition) is 2. The van der Waals surface area contributed by atoms with Gasteiger partial charge in [0, 0.05) is 13.0 Å². The lowest BCUT2D eigenvalue weighted by Crippen LogP contribution is -1.95. The van der Waals surface area contributed by atoms with Crippen LogP contribution in [-0.2, 0) is 16.1 Å². The number of ether oxygens (including phenoxy) is 1. The van der Waals surface area contributed by atoms with E-state index in [0.717, 1.165) is 19.6 Å². The van der Waals surface area contributed by atoms with E-state index in [0.29, 0.717) is 6.42 Å². The largest absolute Gasteiger partial charge is 0.377 e. The van der Waals surface area contributed by atoms with Crippen LogP contribution in [0.2, 0.25) is 0 Å². The summed E-state index contributed by atoms with van der Waals surface area (Å²) in [4.78, 5) is 10.1. The molecule has 0 fully saturated rings. The van der Waals surface area contributed by atoms with Gasteiger partial charge in [-0.3, -0.25) is 4.79 Å². The Balaban J connectivity index is 1.66. The fourth-order valence-electron chi connectivity index (χ4n) is 3.82. The summed E-state index contributed by atoms with van der Waals surface area (Å²) >= 11 is 0. The van der Waals surface area contributed by atoms with Crippen LogP contribution < -0.4 is 0 Å². The van der Waals surface area contributed by atoms with Crippen molar-refractivity contribution >= 4 is 6.29 Å². The molecule has 0 heterocycles. The molecule has 0 aromatic heterocycles. The summed E-state index contributed by atoms with van der Waals surface area (Å²) in [6.07, 6.45) is 25.5. The van der Waals surface area contributed by atoms with E-state index in [9.17, 15) is 4.79 Å². The maximum Gasteiger partial charge on any atom is 0.198 e. The van der Waals surface area contributed by atoms with Gasteiger partial charge in [0.25, 0.3) is 0 Å². The van der Waals surface area contributed by atoms with E-state index >= 15 is 0 Å². The van der Waals surface area contributed by atoms with Gasteiger partial charge in [0.1, 0.15) is 0 Å². The molecule has 1 aromatic carbocycles. The summed E-state index contributed by atoms with van der Waals surface area (Å²) in [6, 6.07) is 10.4. The second-order valence-electron chi connectivity index (χ2n) is 8.44. The van der Waals surface area contributed by atoms with Crippen LogP contribution in [0.25, 0.3) is 0 Å². The molecular weight excluding hydrogens is 356 g/mol. The van der Waals surface area contributed by atoms with E-state index in [2.05, 4.69) is 24.3 Å². The fourth-order valence-corrected chi connectivity index (χ4v) is 3.82. The van der Waals surface area contributed by atoms with Gasteiger partial charge in [0.2, 0.25) is 0 Å². The molecule has 0 spiro atoms. The van der Waals surface area contributed by atoms with E-state index in [-0.39, 0.29) is 0 Å². The first-order chi connectivity index (χ1) is 14.4. The van der Waals surface area contributed by atoms with Gasteiger partial charge in [0.05, 0.1) is 6.61 Å². The predicted molar refractivity (Wildman–Crippen MR) is 125 cm³/mol. The SMILES string of the molecule is O=[C]CCCCCCCCCCCCCCCCCCCOCc1ccccc1. The lowest BCUT2D eigenvalue weighted by atomic mass is 10.0. The molecular formula is C27H45O2.